The molecule has 4 nitrogen and oxygen atoms in total. The lowest BCUT2D eigenvalue weighted by Crippen LogP contribution is -2.20. The summed E-state index contributed by atoms with van der Waals surface area (Å²) in [4.78, 5) is 18.2. The van der Waals surface area contributed by atoms with Gasteiger partial charge in [0.05, 0.1) is 25.5 Å². The van der Waals surface area contributed by atoms with Crippen molar-refractivity contribution in [2.75, 3.05) is 13.2 Å². The summed E-state index contributed by atoms with van der Waals surface area (Å²) in [6.07, 6.45) is 0. The summed E-state index contributed by atoms with van der Waals surface area (Å²) in [5.74, 6) is -0.208. The van der Waals surface area contributed by atoms with E-state index in [4.69, 9.17) is 4.74 Å². The molecule has 0 bridgehead atoms. The highest BCUT2D eigenvalue weighted by Crippen LogP contribution is 2.23. The van der Waals surface area contributed by atoms with Gasteiger partial charge in [-0.1, -0.05) is 23.5 Å². The Bertz CT molecular complexity index is 940. The van der Waals surface area contributed by atoms with Crippen molar-refractivity contribution in [2.45, 2.75) is 20.4 Å². The van der Waals surface area contributed by atoms with E-state index in [0.29, 0.717) is 29.4 Å². The predicted octanol–water partition coefficient (Wildman–Crippen LogP) is 4.61. The number of hydrogen-bond donors (Lipinski definition) is 0. The van der Waals surface area contributed by atoms with Gasteiger partial charge < -0.3 is 9.30 Å². The van der Waals surface area contributed by atoms with E-state index in [2.05, 4.69) is 44.5 Å². The number of aromatic nitrogens is 1. The molecule has 0 N–H and O–H groups in total. The van der Waals surface area contributed by atoms with Crippen LogP contribution in [0, 0.1) is 6.92 Å². The van der Waals surface area contributed by atoms with E-state index in [1.165, 1.54) is 28.2 Å². The number of aryl methyl sites for hydroxylation is 1. The van der Waals surface area contributed by atoms with Crippen LogP contribution in [-0.2, 0) is 11.3 Å². The largest absolute Gasteiger partial charge is 0.380 e. The predicted molar refractivity (Wildman–Crippen MR) is 103 cm³/mol. The quantitative estimate of drug-likeness (QED) is 0.561. The first-order valence-corrected chi connectivity index (χ1v) is 10.0. The summed E-state index contributed by atoms with van der Waals surface area (Å²) in [7, 11) is 0. The molecule has 0 spiro atoms. The Hall–Kier alpha value is -1.28. The number of hydrogen-bond acceptors (Lipinski definition) is 4. The van der Waals surface area contributed by atoms with Crippen LogP contribution in [0.1, 0.15) is 22.2 Å². The molecule has 24 heavy (non-hydrogen) atoms. The molecule has 0 aliphatic heterocycles. The molecule has 0 unspecified atom stereocenters. The van der Waals surface area contributed by atoms with Gasteiger partial charge in [-0.05, 0) is 53.5 Å². The van der Waals surface area contributed by atoms with Crippen molar-refractivity contribution in [1.29, 1.82) is 0 Å². The van der Waals surface area contributed by atoms with E-state index in [1.54, 1.807) is 6.07 Å². The molecule has 2 heterocycles. The number of benzene rings is 1. The van der Waals surface area contributed by atoms with Crippen molar-refractivity contribution >= 4 is 54.7 Å². The standard InChI is InChI=1S/C17H17BrN2O2S2/c1-3-22-10-9-20-15-11(2)5-4-6-12(15)24-17(20)19-16(21)13-7-8-14(18)23-13/h4-8H,3,9-10H2,1-2H3. The van der Waals surface area contributed by atoms with Crippen LogP contribution >= 0.6 is 38.6 Å². The number of thiazole rings is 1. The van der Waals surface area contributed by atoms with Crippen LogP contribution in [0.3, 0.4) is 0 Å². The van der Waals surface area contributed by atoms with Gasteiger partial charge in [-0.25, -0.2) is 0 Å². The minimum absolute atomic E-state index is 0.208. The molecule has 1 aromatic carbocycles. The number of rotatable bonds is 5. The summed E-state index contributed by atoms with van der Waals surface area (Å²) in [5.41, 5.74) is 2.30. The Morgan fingerprint density at radius 2 is 2.12 bits per heavy atom. The third-order valence-corrected chi connectivity index (χ3v) is 6.20. The van der Waals surface area contributed by atoms with Crippen LogP contribution in [0.2, 0.25) is 0 Å². The Morgan fingerprint density at radius 1 is 1.29 bits per heavy atom. The van der Waals surface area contributed by atoms with Crippen LogP contribution in [0.5, 0.6) is 0 Å². The molecule has 2 aromatic heterocycles. The lowest BCUT2D eigenvalue weighted by Gasteiger charge is -2.07. The van der Waals surface area contributed by atoms with Gasteiger partial charge in [0.2, 0.25) is 0 Å². The van der Waals surface area contributed by atoms with Crippen LogP contribution in [0.4, 0.5) is 0 Å². The van der Waals surface area contributed by atoms with Crippen LogP contribution < -0.4 is 4.80 Å². The van der Waals surface area contributed by atoms with Gasteiger partial charge in [0, 0.05) is 13.2 Å². The highest BCUT2D eigenvalue weighted by molar-refractivity contribution is 9.11. The van der Waals surface area contributed by atoms with Crippen LogP contribution in [-0.4, -0.2) is 23.7 Å². The molecule has 1 amide bonds. The number of nitrogens with zero attached hydrogens (tertiary/aromatic N) is 2. The van der Waals surface area contributed by atoms with E-state index in [0.717, 1.165) is 14.0 Å². The molecule has 0 saturated heterocycles. The van der Waals surface area contributed by atoms with Gasteiger partial charge >= 0.3 is 0 Å². The summed E-state index contributed by atoms with van der Waals surface area (Å²) in [6.45, 7) is 6.01. The average Bonchev–Trinajstić information content (AvgIpc) is 3.13. The van der Waals surface area contributed by atoms with Crippen molar-refractivity contribution in [2.24, 2.45) is 4.99 Å². The second-order valence-electron chi connectivity index (χ2n) is 5.18. The Labute approximate surface area is 156 Å². The summed E-state index contributed by atoms with van der Waals surface area (Å²) in [6, 6.07) is 9.84. The zero-order chi connectivity index (χ0) is 17.1. The fourth-order valence-corrected chi connectivity index (χ4v) is 4.87. The smallest absolute Gasteiger partial charge is 0.289 e. The molecule has 0 fully saturated rings. The second kappa shape index (κ2) is 7.74. The summed E-state index contributed by atoms with van der Waals surface area (Å²) in [5, 5.41) is 0. The maximum atomic E-state index is 12.5. The monoisotopic (exact) mass is 424 g/mol. The van der Waals surface area contributed by atoms with Crippen molar-refractivity contribution in [3.05, 3.63) is 49.4 Å². The normalized spacial score (nSPS) is 12.2. The maximum absolute atomic E-state index is 12.5. The van der Waals surface area contributed by atoms with E-state index >= 15 is 0 Å². The maximum Gasteiger partial charge on any atom is 0.289 e. The minimum Gasteiger partial charge on any atom is -0.380 e. The molecule has 3 rings (SSSR count). The van der Waals surface area contributed by atoms with E-state index in [1.807, 2.05) is 19.1 Å². The third kappa shape index (κ3) is 3.69. The van der Waals surface area contributed by atoms with Crippen molar-refractivity contribution in [3.63, 3.8) is 0 Å². The molecule has 0 aliphatic carbocycles. The van der Waals surface area contributed by atoms with Crippen molar-refractivity contribution in [3.8, 4) is 0 Å². The van der Waals surface area contributed by atoms with Gasteiger partial charge in [-0.2, -0.15) is 4.99 Å². The van der Waals surface area contributed by atoms with Gasteiger partial charge in [0.1, 0.15) is 0 Å². The molecule has 0 radical (unpaired) electrons. The molecule has 7 heteroatoms. The minimum atomic E-state index is -0.208. The highest BCUT2D eigenvalue weighted by Gasteiger charge is 2.12. The lowest BCUT2D eigenvalue weighted by atomic mass is 10.2. The molecule has 126 valence electrons. The number of carbonyl (C=O) groups excluding carboxylic acids is 1. The molecular weight excluding hydrogens is 408 g/mol. The molecule has 3 aromatic rings. The van der Waals surface area contributed by atoms with Crippen molar-refractivity contribution < 1.29 is 9.53 Å². The number of halogens is 1. The summed E-state index contributed by atoms with van der Waals surface area (Å²) < 4.78 is 9.64. The molecule has 0 saturated carbocycles. The Balaban J connectivity index is 2.08. The third-order valence-electron chi connectivity index (χ3n) is 3.55. The molecule has 0 atom stereocenters. The molecule has 0 aliphatic rings. The number of amides is 1. The Kier molecular flexibility index (Phi) is 5.65. The first-order chi connectivity index (χ1) is 11.6. The lowest BCUT2D eigenvalue weighted by molar-refractivity contribution is 0.100. The number of fused-ring (bicyclic) bond motifs is 1. The number of ether oxygens (including phenoxy) is 1. The van der Waals surface area contributed by atoms with Crippen LogP contribution in [0.15, 0.2) is 39.1 Å². The van der Waals surface area contributed by atoms with E-state index in [9.17, 15) is 4.79 Å². The van der Waals surface area contributed by atoms with E-state index in [-0.39, 0.29) is 5.91 Å². The zero-order valence-corrected chi connectivity index (χ0v) is 16.6. The second-order valence-corrected chi connectivity index (χ2v) is 8.65. The number of carbonyl (C=O) groups is 1. The van der Waals surface area contributed by atoms with Crippen LogP contribution in [0.25, 0.3) is 10.2 Å². The van der Waals surface area contributed by atoms with Gasteiger partial charge in [0.15, 0.2) is 4.80 Å². The highest BCUT2D eigenvalue weighted by atomic mass is 79.9. The van der Waals surface area contributed by atoms with Gasteiger partial charge in [0.25, 0.3) is 5.91 Å². The van der Waals surface area contributed by atoms with Crippen molar-refractivity contribution in [1.82, 2.24) is 4.57 Å². The molecular formula is C17H17BrN2O2S2. The number of thiophene rings is 1. The number of para-hydroxylation sites is 1. The van der Waals surface area contributed by atoms with E-state index < -0.39 is 0 Å². The Morgan fingerprint density at radius 3 is 2.83 bits per heavy atom. The average molecular weight is 425 g/mol. The van der Waals surface area contributed by atoms with Gasteiger partial charge in [-0.3, -0.25) is 4.79 Å². The van der Waals surface area contributed by atoms with Gasteiger partial charge in [-0.15, -0.1) is 11.3 Å². The first kappa shape index (κ1) is 17.5. The first-order valence-electron chi connectivity index (χ1n) is 7.61. The summed E-state index contributed by atoms with van der Waals surface area (Å²) >= 11 is 6.32. The zero-order valence-electron chi connectivity index (χ0n) is 13.4. The fraction of sp³-hybridized carbons (Fsp3) is 0.294. The SMILES string of the molecule is CCOCCn1c(=NC(=O)c2ccc(Br)s2)sc2cccc(C)c21. The topological polar surface area (TPSA) is 43.6 Å². The fourth-order valence-electron chi connectivity index (χ4n) is 2.47.